The first-order valence-electron chi connectivity index (χ1n) is 2.84. The molecule has 0 aromatic heterocycles. The van der Waals surface area contributed by atoms with Crippen LogP contribution in [-0.4, -0.2) is 46.2 Å². The van der Waals surface area contributed by atoms with Crippen molar-refractivity contribution in [3.8, 4) is 0 Å². The number of carbonyl (C=O) groups is 1. The zero-order chi connectivity index (χ0) is 7.72. The average Bonchev–Trinajstić information content (AvgIpc) is 1.93. The Kier molecular flexibility index (Phi) is 1.89. The molecule has 10 heavy (non-hydrogen) atoms. The second-order valence-electron chi connectivity index (χ2n) is 2.13. The molecule has 0 aliphatic carbocycles. The largest absolute Gasteiger partial charge is 0.461 e. The number of aliphatic hydroxyl groups excluding tert-OH is 3. The molecule has 0 aromatic carbocycles. The van der Waals surface area contributed by atoms with E-state index in [9.17, 15) is 4.79 Å². The molecule has 1 heterocycles. The highest BCUT2D eigenvalue weighted by Crippen LogP contribution is 2.08. The molecule has 58 valence electrons. The maximum absolute atomic E-state index is 10.4. The lowest BCUT2D eigenvalue weighted by Crippen LogP contribution is -2.50. The maximum Gasteiger partial charge on any atom is 0.337 e. The number of cyclic esters (lactones) is 1. The van der Waals surface area contributed by atoms with Crippen molar-refractivity contribution in [2.75, 3.05) is 6.61 Å². The van der Waals surface area contributed by atoms with Gasteiger partial charge in [0.2, 0.25) is 0 Å². The van der Waals surface area contributed by atoms with Crippen LogP contribution >= 0.6 is 0 Å². The van der Waals surface area contributed by atoms with Gasteiger partial charge in [-0.2, -0.15) is 0 Å². The second kappa shape index (κ2) is 2.53. The van der Waals surface area contributed by atoms with Crippen molar-refractivity contribution >= 4 is 5.97 Å². The summed E-state index contributed by atoms with van der Waals surface area (Å²) in [5.74, 6) is -0.891. The summed E-state index contributed by atoms with van der Waals surface area (Å²) in [5, 5.41) is 26.3. The van der Waals surface area contributed by atoms with Gasteiger partial charge in [-0.1, -0.05) is 0 Å². The zero-order valence-electron chi connectivity index (χ0n) is 5.10. The lowest BCUT2D eigenvalue weighted by Gasteiger charge is -2.26. The maximum atomic E-state index is 10.4. The van der Waals surface area contributed by atoms with Gasteiger partial charge in [0.1, 0.15) is 18.8 Å². The molecule has 0 bridgehead atoms. The fourth-order valence-corrected chi connectivity index (χ4v) is 0.701. The number of hydrogen-bond acceptors (Lipinski definition) is 5. The molecule has 1 rings (SSSR count). The summed E-state index contributed by atoms with van der Waals surface area (Å²) in [6.45, 7) is -0.253. The van der Waals surface area contributed by atoms with E-state index in [4.69, 9.17) is 15.3 Å². The highest BCUT2D eigenvalue weighted by atomic mass is 16.6. The molecule has 0 amide bonds. The summed E-state index contributed by atoms with van der Waals surface area (Å²) in [6.07, 6.45) is -4.20. The summed E-state index contributed by atoms with van der Waals surface area (Å²) >= 11 is 0. The Bertz CT molecular complexity index is 145. The van der Waals surface area contributed by atoms with Crippen molar-refractivity contribution < 1.29 is 24.9 Å². The van der Waals surface area contributed by atoms with Crippen molar-refractivity contribution in [1.82, 2.24) is 0 Å². The van der Waals surface area contributed by atoms with Gasteiger partial charge in [0.15, 0.2) is 6.10 Å². The molecule has 0 spiro atoms. The molecule has 3 atom stereocenters. The topological polar surface area (TPSA) is 87.0 Å². The normalized spacial score (nSPS) is 41.1. The van der Waals surface area contributed by atoms with Crippen LogP contribution in [0.15, 0.2) is 0 Å². The van der Waals surface area contributed by atoms with Crippen molar-refractivity contribution in [2.45, 2.75) is 18.3 Å². The molecule has 1 saturated heterocycles. The van der Waals surface area contributed by atoms with E-state index in [-0.39, 0.29) is 6.61 Å². The van der Waals surface area contributed by atoms with Crippen LogP contribution in [-0.2, 0) is 9.53 Å². The van der Waals surface area contributed by atoms with Gasteiger partial charge in [0.25, 0.3) is 0 Å². The van der Waals surface area contributed by atoms with Gasteiger partial charge in [0, 0.05) is 0 Å². The molecule has 3 N–H and O–H groups in total. The first-order chi connectivity index (χ1) is 4.63. The molecule has 0 radical (unpaired) electrons. The smallest absolute Gasteiger partial charge is 0.337 e. The Balaban J connectivity index is 2.60. The van der Waals surface area contributed by atoms with Crippen molar-refractivity contribution in [1.29, 1.82) is 0 Å². The van der Waals surface area contributed by atoms with Crippen molar-refractivity contribution in [3.05, 3.63) is 0 Å². The second-order valence-corrected chi connectivity index (χ2v) is 2.13. The molecule has 5 heteroatoms. The molecule has 0 saturated carbocycles. The van der Waals surface area contributed by atoms with Gasteiger partial charge in [-0.25, -0.2) is 4.79 Å². The third-order valence-electron chi connectivity index (χ3n) is 1.36. The highest BCUT2D eigenvalue weighted by molar-refractivity contribution is 5.76. The fourth-order valence-electron chi connectivity index (χ4n) is 0.701. The van der Waals surface area contributed by atoms with E-state index in [1.54, 1.807) is 0 Å². The summed E-state index contributed by atoms with van der Waals surface area (Å²) in [4.78, 5) is 10.4. The predicted octanol–water partition coefficient (Wildman–Crippen LogP) is -2.37. The van der Waals surface area contributed by atoms with Gasteiger partial charge in [-0.05, 0) is 0 Å². The van der Waals surface area contributed by atoms with E-state index in [0.29, 0.717) is 0 Å². The lowest BCUT2D eigenvalue weighted by atomic mass is 10.1. The molecular weight excluding hydrogens is 140 g/mol. The van der Waals surface area contributed by atoms with E-state index in [0.717, 1.165) is 0 Å². The quantitative estimate of drug-likeness (QED) is 0.334. The van der Waals surface area contributed by atoms with Crippen LogP contribution < -0.4 is 0 Å². The van der Waals surface area contributed by atoms with Crippen LogP contribution in [0, 0.1) is 0 Å². The van der Waals surface area contributed by atoms with E-state index in [1.807, 2.05) is 0 Å². The van der Waals surface area contributed by atoms with Crippen LogP contribution in [0.2, 0.25) is 0 Å². The van der Waals surface area contributed by atoms with Gasteiger partial charge in [-0.15, -0.1) is 0 Å². The molecule has 1 aliphatic rings. The Morgan fingerprint density at radius 2 is 2.00 bits per heavy atom. The highest BCUT2D eigenvalue weighted by Gasteiger charge is 2.36. The van der Waals surface area contributed by atoms with Gasteiger partial charge >= 0.3 is 5.97 Å². The SMILES string of the molecule is O=C1OC[C@H](O)C(O)[C@@H]1O. The molecule has 0 aromatic rings. The van der Waals surface area contributed by atoms with Crippen LogP contribution in [0.5, 0.6) is 0 Å². The number of ether oxygens (including phenoxy) is 1. The minimum Gasteiger partial charge on any atom is -0.461 e. The van der Waals surface area contributed by atoms with Gasteiger partial charge < -0.3 is 20.1 Å². The lowest BCUT2D eigenvalue weighted by molar-refractivity contribution is -0.185. The Labute approximate surface area is 56.9 Å². The molecular formula is C5H8O5. The number of carbonyl (C=O) groups excluding carboxylic acids is 1. The summed E-state index contributed by atoms with van der Waals surface area (Å²) in [6, 6.07) is 0. The molecule has 1 aliphatic heterocycles. The van der Waals surface area contributed by atoms with Crippen LogP contribution in [0.1, 0.15) is 0 Å². The van der Waals surface area contributed by atoms with E-state index < -0.39 is 24.3 Å². The number of rotatable bonds is 0. The Morgan fingerprint density at radius 3 is 2.50 bits per heavy atom. The standard InChI is InChI=1S/C5H8O5/c6-2-1-10-5(9)4(8)3(2)7/h2-4,6-8H,1H2/t2-,3?,4-/m0/s1. The Morgan fingerprint density at radius 1 is 1.40 bits per heavy atom. The summed E-state index contributed by atoms with van der Waals surface area (Å²) in [7, 11) is 0. The van der Waals surface area contributed by atoms with E-state index >= 15 is 0 Å². The summed E-state index contributed by atoms with van der Waals surface area (Å²) in [5.41, 5.74) is 0. The molecule has 1 fully saturated rings. The van der Waals surface area contributed by atoms with Crippen molar-refractivity contribution in [3.63, 3.8) is 0 Å². The van der Waals surface area contributed by atoms with Gasteiger partial charge in [-0.3, -0.25) is 0 Å². The van der Waals surface area contributed by atoms with E-state index in [2.05, 4.69) is 4.74 Å². The van der Waals surface area contributed by atoms with Crippen molar-refractivity contribution in [2.24, 2.45) is 0 Å². The Hall–Kier alpha value is -0.650. The van der Waals surface area contributed by atoms with Gasteiger partial charge in [0.05, 0.1) is 0 Å². The minimum absolute atomic E-state index is 0.253. The minimum atomic E-state index is -1.61. The van der Waals surface area contributed by atoms with Crippen LogP contribution in [0.3, 0.4) is 0 Å². The number of aliphatic hydroxyl groups is 3. The third kappa shape index (κ3) is 1.11. The zero-order valence-corrected chi connectivity index (χ0v) is 5.10. The molecule has 1 unspecified atom stereocenters. The monoisotopic (exact) mass is 148 g/mol. The third-order valence-corrected chi connectivity index (χ3v) is 1.36. The first kappa shape index (κ1) is 7.46. The molecule has 5 nitrogen and oxygen atoms in total. The fraction of sp³-hybridized carbons (Fsp3) is 0.800. The first-order valence-corrected chi connectivity index (χ1v) is 2.84. The number of esters is 1. The average molecular weight is 148 g/mol. The van der Waals surface area contributed by atoms with Crippen LogP contribution in [0.4, 0.5) is 0 Å². The van der Waals surface area contributed by atoms with E-state index in [1.165, 1.54) is 0 Å². The number of hydrogen-bond donors (Lipinski definition) is 3. The van der Waals surface area contributed by atoms with Crippen LogP contribution in [0.25, 0.3) is 0 Å². The predicted molar refractivity (Wildman–Crippen MR) is 29.0 cm³/mol. The summed E-state index contributed by atoms with van der Waals surface area (Å²) < 4.78 is 4.27.